The molecule has 3 aliphatic carbocycles. The lowest BCUT2D eigenvalue weighted by atomic mass is 9.92. The third kappa shape index (κ3) is 29.8. The third-order valence-corrected chi connectivity index (χ3v) is 17.5. The lowest BCUT2D eigenvalue weighted by Crippen LogP contribution is -2.37. The number of nitrogens with zero attached hydrogens (tertiary/aromatic N) is 10. The van der Waals surface area contributed by atoms with Crippen molar-refractivity contribution >= 4 is 133 Å². The average Bonchev–Trinajstić information content (AvgIpc) is 1.48. The molecule has 6 aromatic rings. The zero-order valence-electron chi connectivity index (χ0n) is 52.6. The molecule has 0 unspecified atom stereocenters. The van der Waals surface area contributed by atoms with Gasteiger partial charge >= 0.3 is 0 Å². The maximum atomic E-state index is 13.4. The van der Waals surface area contributed by atoms with Gasteiger partial charge in [-0.1, -0.05) is 46.4 Å². The normalized spacial score (nSPS) is 19.5. The van der Waals surface area contributed by atoms with Crippen molar-refractivity contribution in [1.29, 1.82) is 0 Å². The Labute approximate surface area is 599 Å². The van der Waals surface area contributed by atoms with Crippen LogP contribution in [0.25, 0.3) is 5.82 Å². The minimum Gasteiger partial charge on any atom is -0.382 e. The number of hydrogen-bond acceptors (Lipinski definition) is 17. The number of alkyl halides is 6. The van der Waals surface area contributed by atoms with Gasteiger partial charge in [0.2, 0.25) is 17.8 Å². The Morgan fingerprint density at radius 1 is 0.511 bits per heavy atom. The summed E-state index contributed by atoms with van der Waals surface area (Å²) < 4.78 is 103. The smallest absolute Gasteiger partial charge is 0.248 e. The molecule has 3 saturated carbocycles. The van der Waals surface area contributed by atoms with E-state index in [1.54, 1.807) is 29.1 Å². The van der Waals surface area contributed by atoms with Crippen LogP contribution < -0.4 is 36.4 Å². The number of H-pyrrole nitrogens is 1. The van der Waals surface area contributed by atoms with Gasteiger partial charge in [0.1, 0.15) is 38.1 Å². The van der Waals surface area contributed by atoms with E-state index in [0.29, 0.717) is 85.6 Å². The highest BCUT2D eigenvalue weighted by atomic mass is 127. The lowest BCUT2D eigenvalue weighted by molar-refractivity contribution is -0.0378. The summed E-state index contributed by atoms with van der Waals surface area (Å²) in [5.74, 6) is -4.12. The van der Waals surface area contributed by atoms with Gasteiger partial charge in [0.25, 0.3) is 0 Å². The van der Waals surface area contributed by atoms with Crippen LogP contribution >= 0.6 is 104 Å². The molecule has 7 aliphatic rings. The molecule has 6 aromatic heterocycles. The molecule has 0 radical (unpaired) electrons. The van der Waals surface area contributed by atoms with Crippen LogP contribution in [0.1, 0.15) is 88.4 Å². The number of rotatable bonds is 8. The molecule has 32 heteroatoms. The average molecular weight is 1650 g/mol. The first-order valence-corrected chi connectivity index (χ1v) is 34.8. The van der Waals surface area contributed by atoms with Crippen molar-refractivity contribution in [3.05, 3.63) is 112 Å². The van der Waals surface area contributed by atoms with Gasteiger partial charge < -0.3 is 55.3 Å². The molecule has 19 nitrogen and oxygen atoms in total. The van der Waals surface area contributed by atoms with Crippen LogP contribution in [-0.4, -0.2) is 181 Å². The fraction of sp³-hybridized carbons (Fsp3) is 0.581. The predicted octanol–water partition coefficient (Wildman–Crippen LogP) is 14.4. The number of anilines is 5. The number of ether oxygens (including phenoxy) is 4. The summed E-state index contributed by atoms with van der Waals surface area (Å²) in [7, 11) is 0. The molecule has 4 aliphatic heterocycles. The second-order valence-electron chi connectivity index (χ2n) is 23.1. The standard InChI is InChI=1S/C19H25F2N5O.C15H20ClF2N3O.C9H10ClIN2O.C6H11F2N.C5H2Cl2IN.C4H6N2.C4H9NO.ClH/c1-14-4-7-26(24-14)18-13-16(22-15-2-5-19(20,21)6-3-15)12-17(23-18)25-8-10-27-11-9-25;16-13-9-12(19-11-1-3-15(17,18)4-2-11)10-14(20-13)21-5-7-22-8-6-21;10-8-5-7(11)6-9(12-8)13-1-3-14-4-2-13;7-6(8)3-1-5(9)2-4-6;6-4-1-3(8)2-5(7)9-4;1-4-2-3-5-6-4;1-3-6-4-2-5-1;/h4,7,12-13,15H,2-3,5-6,8-11H2,1H3,(H,22,23);9-11H,1-8H2,(H,19,20);5-6H,1-4H2;5H,1-4,9H2;1-2H;2-3H,1H3,(H,5,6);5H,1-4H2;1H. The van der Waals surface area contributed by atoms with Crippen molar-refractivity contribution in [2.75, 3.05) is 131 Å². The number of pyridine rings is 4. The van der Waals surface area contributed by atoms with E-state index in [1.807, 2.05) is 62.5 Å². The zero-order valence-corrected chi connectivity index (χ0v) is 60.7. The van der Waals surface area contributed by atoms with Crippen molar-refractivity contribution in [3.63, 3.8) is 0 Å². The molecule has 13 rings (SSSR count). The van der Waals surface area contributed by atoms with E-state index in [0.717, 1.165) is 132 Å². The Kier molecular flexibility index (Phi) is 34.0. The van der Waals surface area contributed by atoms with Crippen molar-refractivity contribution in [2.45, 2.75) is 127 Å². The Bertz CT molecular complexity index is 3050. The Balaban J connectivity index is 0.000000186. The van der Waals surface area contributed by atoms with Gasteiger partial charge in [0, 0.05) is 164 Å². The van der Waals surface area contributed by atoms with E-state index in [1.165, 1.54) is 0 Å². The second-order valence-corrected chi connectivity index (χ2v) is 27.1. The van der Waals surface area contributed by atoms with Crippen molar-refractivity contribution in [1.82, 2.24) is 45.2 Å². The Hall–Kier alpha value is -3.73. The van der Waals surface area contributed by atoms with Crippen LogP contribution in [0.3, 0.4) is 0 Å². The molecular formula is C62H84Cl5F6I2N15O4. The molecule has 0 spiro atoms. The number of aryl methyl sites for hydroxylation is 2. The summed E-state index contributed by atoms with van der Waals surface area (Å²) in [5.41, 5.74) is 9.18. The van der Waals surface area contributed by atoms with Crippen molar-refractivity contribution < 1.29 is 45.3 Å². The molecule has 94 heavy (non-hydrogen) atoms. The molecular weight excluding hydrogens is 1560 g/mol. The monoisotopic (exact) mass is 1650 g/mol. The number of nitrogens with one attached hydrogen (secondary N) is 4. The first kappa shape index (κ1) is 79.3. The molecule has 0 bridgehead atoms. The highest BCUT2D eigenvalue weighted by Crippen LogP contribution is 2.37. The summed E-state index contributed by atoms with van der Waals surface area (Å²) in [6, 6.07) is 19.0. The van der Waals surface area contributed by atoms with Crippen LogP contribution in [0, 0.1) is 21.0 Å². The van der Waals surface area contributed by atoms with Crippen LogP contribution in [0.15, 0.2) is 73.1 Å². The number of morpholine rings is 4. The Morgan fingerprint density at radius 2 is 0.894 bits per heavy atom. The number of halogens is 13. The van der Waals surface area contributed by atoms with Crippen LogP contribution in [0.5, 0.6) is 0 Å². The van der Waals surface area contributed by atoms with E-state index in [9.17, 15) is 26.3 Å². The first-order chi connectivity index (χ1) is 44.4. The summed E-state index contributed by atoms with van der Waals surface area (Å²) >= 11 is 27.5. The predicted molar refractivity (Wildman–Crippen MR) is 381 cm³/mol. The fourth-order valence-corrected chi connectivity index (χ4v) is 12.9. The SMILES string of the molecule is C1COCCN1.Cc1ccn(-c2cc(NC3CCC(F)(F)CC3)cc(N3CCOCC3)n2)n1.Cc1ccn[nH]1.Cl.Clc1cc(I)cc(Cl)n1.Clc1cc(I)cc(N2CCOCC2)n1.FC1(F)CCC(Nc2cc(Cl)nc(N3CCOCC3)c2)CC1.NC1CCC(F)(F)CC1. The molecule has 0 amide bonds. The molecule has 10 heterocycles. The van der Waals surface area contributed by atoms with E-state index in [2.05, 4.69) is 106 Å². The maximum Gasteiger partial charge on any atom is 0.248 e. The molecule has 0 aromatic carbocycles. The van der Waals surface area contributed by atoms with Crippen LogP contribution in [-0.2, 0) is 18.9 Å². The third-order valence-electron chi connectivity index (χ3n) is 15.4. The minimum absolute atomic E-state index is 0. The van der Waals surface area contributed by atoms with Crippen LogP contribution in [0.2, 0.25) is 20.6 Å². The van der Waals surface area contributed by atoms with E-state index in [-0.39, 0.29) is 69.1 Å². The summed E-state index contributed by atoms with van der Waals surface area (Å²) in [6.07, 6.45) is 6.19. The van der Waals surface area contributed by atoms with Gasteiger partial charge in [-0.05, 0) is 140 Å². The van der Waals surface area contributed by atoms with Crippen molar-refractivity contribution in [2.24, 2.45) is 5.73 Å². The second kappa shape index (κ2) is 40.4. The largest absolute Gasteiger partial charge is 0.382 e. The number of nitrogens with two attached hydrogens (primary N) is 1. The zero-order chi connectivity index (χ0) is 66.8. The molecule has 522 valence electrons. The highest BCUT2D eigenvalue weighted by molar-refractivity contribution is 14.1. The van der Waals surface area contributed by atoms with Gasteiger partial charge in [-0.2, -0.15) is 10.2 Å². The van der Waals surface area contributed by atoms with Crippen LogP contribution in [0.4, 0.5) is 55.2 Å². The molecule has 4 saturated heterocycles. The van der Waals surface area contributed by atoms with E-state index < -0.39 is 17.8 Å². The van der Waals surface area contributed by atoms with Gasteiger partial charge in [-0.25, -0.2) is 51.0 Å². The van der Waals surface area contributed by atoms with E-state index in [4.69, 9.17) is 76.1 Å². The minimum atomic E-state index is -2.52. The number of aromatic nitrogens is 8. The van der Waals surface area contributed by atoms with Gasteiger partial charge in [-0.3, -0.25) is 5.10 Å². The van der Waals surface area contributed by atoms with Crippen molar-refractivity contribution in [3.8, 4) is 5.82 Å². The first-order valence-electron chi connectivity index (χ1n) is 31.1. The quantitative estimate of drug-likeness (QED) is 0.0546. The molecule has 7 fully saturated rings. The number of aromatic amines is 1. The van der Waals surface area contributed by atoms with Gasteiger partial charge in [-0.15, -0.1) is 12.4 Å². The summed E-state index contributed by atoms with van der Waals surface area (Å²) in [5, 5.41) is 22.7. The lowest BCUT2D eigenvalue weighted by Gasteiger charge is -2.31. The van der Waals surface area contributed by atoms with Gasteiger partial charge in [0.15, 0.2) is 5.82 Å². The topological polar surface area (TPSA) is 207 Å². The molecule has 0 atom stereocenters. The Morgan fingerprint density at radius 3 is 1.24 bits per heavy atom. The maximum absolute atomic E-state index is 13.4. The van der Waals surface area contributed by atoms with E-state index >= 15 is 0 Å². The summed E-state index contributed by atoms with van der Waals surface area (Å²) in [4.78, 5) is 23.7. The fourth-order valence-electron chi connectivity index (χ4n) is 10.3. The van der Waals surface area contributed by atoms with Gasteiger partial charge in [0.05, 0.1) is 58.5 Å². The highest BCUT2D eigenvalue weighted by Gasteiger charge is 2.37. The summed E-state index contributed by atoms with van der Waals surface area (Å²) in [6.45, 7) is 16.9. The number of hydrogen-bond donors (Lipinski definition) is 5. The molecule has 6 N–H and O–H groups in total.